The van der Waals surface area contributed by atoms with Gasteiger partial charge in [0.05, 0.1) is 37.6 Å². The zero-order valence-electron chi connectivity index (χ0n) is 31.3. The van der Waals surface area contributed by atoms with Gasteiger partial charge >= 0.3 is 0 Å². The second-order valence-corrected chi connectivity index (χ2v) is 13.9. The van der Waals surface area contributed by atoms with Crippen molar-refractivity contribution in [1.82, 2.24) is 25.4 Å². The van der Waals surface area contributed by atoms with E-state index in [9.17, 15) is 19.2 Å². The van der Waals surface area contributed by atoms with Gasteiger partial charge in [-0.2, -0.15) is 0 Å². The lowest BCUT2D eigenvalue weighted by Crippen LogP contribution is -2.54. The number of aryl methyl sites for hydroxylation is 1. The van der Waals surface area contributed by atoms with Crippen LogP contribution in [0.5, 0.6) is 11.5 Å². The van der Waals surface area contributed by atoms with Gasteiger partial charge in [-0.1, -0.05) is 55.8 Å². The third-order valence-corrected chi connectivity index (χ3v) is 9.74. The van der Waals surface area contributed by atoms with Crippen LogP contribution in [0.4, 0.5) is 0 Å². The molecule has 53 heavy (non-hydrogen) atoms. The molecular formula is C42H51N5O6. The first kappa shape index (κ1) is 38.8. The summed E-state index contributed by atoms with van der Waals surface area (Å²) in [5.41, 5.74) is 3.61. The van der Waals surface area contributed by atoms with E-state index >= 15 is 0 Å². The number of amides is 4. The monoisotopic (exact) mass is 721 g/mol. The van der Waals surface area contributed by atoms with E-state index in [4.69, 9.17) is 9.47 Å². The van der Waals surface area contributed by atoms with Crippen molar-refractivity contribution in [2.24, 2.45) is 17.8 Å². The maximum atomic E-state index is 13.7. The molecule has 0 saturated carbocycles. The van der Waals surface area contributed by atoms with Gasteiger partial charge in [0.25, 0.3) is 5.91 Å². The van der Waals surface area contributed by atoms with Gasteiger partial charge in [0, 0.05) is 50.4 Å². The van der Waals surface area contributed by atoms with Crippen molar-refractivity contribution in [3.8, 4) is 11.5 Å². The number of nitrogens with one attached hydrogen (secondary N) is 2. The molecule has 280 valence electrons. The highest BCUT2D eigenvalue weighted by Crippen LogP contribution is 2.37. The number of carbonyl (C=O) groups excluding carboxylic acids is 4. The number of hydrogen-bond acceptors (Lipinski definition) is 7. The minimum absolute atomic E-state index is 0.0532. The van der Waals surface area contributed by atoms with E-state index in [1.165, 1.54) is 32.6 Å². The summed E-state index contributed by atoms with van der Waals surface area (Å²) in [6.07, 6.45) is 4.31. The van der Waals surface area contributed by atoms with Crippen molar-refractivity contribution in [1.29, 1.82) is 0 Å². The first-order valence-corrected chi connectivity index (χ1v) is 18.4. The quantitative estimate of drug-likeness (QED) is 0.225. The van der Waals surface area contributed by atoms with Gasteiger partial charge in [-0.05, 0) is 79.6 Å². The SMILES string of the molecule is CCCc1ccccc1.CNC(=O)CNC(=O)C1CN(C(=O)Cc2ccc3ncccc3c2)CC2CN(C(=O)c3ccc(OC(C)C)c(OC)c3)CC21. The molecule has 0 radical (unpaired) electrons. The Morgan fingerprint density at radius 2 is 1.64 bits per heavy atom. The highest BCUT2D eigenvalue weighted by molar-refractivity contribution is 5.95. The Morgan fingerprint density at radius 1 is 0.868 bits per heavy atom. The minimum Gasteiger partial charge on any atom is -0.493 e. The minimum atomic E-state index is -0.572. The highest BCUT2D eigenvalue weighted by atomic mass is 16.5. The molecule has 1 aromatic heterocycles. The Kier molecular flexibility index (Phi) is 13.4. The van der Waals surface area contributed by atoms with Crippen molar-refractivity contribution >= 4 is 34.5 Å². The number of aromatic nitrogens is 1. The van der Waals surface area contributed by atoms with Crippen LogP contribution in [0, 0.1) is 17.8 Å². The van der Waals surface area contributed by atoms with Crippen LogP contribution in [-0.2, 0) is 27.2 Å². The predicted octanol–water partition coefficient (Wildman–Crippen LogP) is 4.92. The number of rotatable bonds is 11. The summed E-state index contributed by atoms with van der Waals surface area (Å²) in [6, 6.07) is 25.3. The summed E-state index contributed by atoms with van der Waals surface area (Å²) in [4.78, 5) is 60.4. The van der Waals surface area contributed by atoms with Gasteiger partial charge in [-0.15, -0.1) is 0 Å². The summed E-state index contributed by atoms with van der Waals surface area (Å²) in [5.74, 6) is -0.698. The molecule has 3 atom stereocenters. The molecule has 3 unspecified atom stereocenters. The average molecular weight is 722 g/mol. The molecule has 2 N–H and O–H groups in total. The summed E-state index contributed by atoms with van der Waals surface area (Å²) < 4.78 is 11.3. The van der Waals surface area contributed by atoms with Crippen LogP contribution < -0.4 is 20.1 Å². The maximum absolute atomic E-state index is 13.7. The van der Waals surface area contributed by atoms with Crippen molar-refractivity contribution in [3.05, 3.63) is 102 Å². The van der Waals surface area contributed by atoms with Crippen LogP contribution in [0.2, 0.25) is 0 Å². The lowest BCUT2D eigenvalue weighted by molar-refractivity contribution is -0.139. The van der Waals surface area contributed by atoms with Crippen molar-refractivity contribution in [2.45, 2.75) is 46.1 Å². The molecule has 4 amide bonds. The molecular weight excluding hydrogens is 670 g/mol. The Morgan fingerprint density at radius 3 is 2.36 bits per heavy atom. The number of nitrogens with zero attached hydrogens (tertiary/aromatic N) is 3. The molecule has 0 aliphatic carbocycles. The summed E-state index contributed by atoms with van der Waals surface area (Å²) >= 11 is 0. The van der Waals surface area contributed by atoms with Gasteiger partial charge in [-0.25, -0.2) is 0 Å². The third-order valence-electron chi connectivity index (χ3n) is 9.74. The molecule has 0 bridgehead atoms. The molecule has 2 fully saturated rings. The van der Waals surface area contributed by atoms with E-state index in [0.29, 0.717) is 36.7 Å². The maximum Gasteiger partial charge on any atom is 0.254 e. The van der Waals surface area contributed by atoms with Gasteiger partial charge in [0.15, 0.2) is 11.5 Å². The van der Waals surface area contributed by atoms with E-state index in [0.717, 1.165) is 16.5 Å². The second-order valence-electron chi connectivity index (χ2n) is 13.9. The smallest absolute Gasteiger partial charge is 0.254 e. The number of fused-ring (bicyclic) bond motifs is 2. The van der Waals surface area contributed by atoms with Crippen LogP contribution >= 0.6 is 0 Å². The molecule has 11 nitrogen and oxygen atoms in total. The number of ether oxygens (including phenoxy) is 2. The van der Waals surface area contributed by atoms with Crippen molar-refractivity contribution in [2.75, 3.05) is 46.9 Å². The Balaban J connectivity index is 0.000000526. The lowest BCUT2D eigenvalue weighted by atomic mass is 9.79. The standard InChI is InChI=1S/C33H39N5O6.C9H12/c1-20(2)44-28-10-8-23(14-29(28)43-4)33(42)38-17-24-16-37(19-26(25(24)18-38)32(41)36-15-30(39)34-3)31(40)13-21-7-9-27-22(12-21)6-5-11-35-27;1-2-6-9-7-4-3-5-8-9/h5-12,14,20,24-26H,13,15-19H2,1-4H3,(H,34,39)(H,36,41);3-5,7-8H,2,6H2,1H3. The Bertz CT molecular complexity index is 1880. The molecule has 6 rings (SSSR count). The number of pyridine rings is 1. The van der Waals surface area contributed by atoms with Crippen LogP contribution in [-0.4, -0.2) is 91.4 Å². The molecule has 2 saturated heterocycles. The predicted molar refractivity (Wildman–Crippen MR) is 205 cm³/mol. The summed E-state index contributed by atoms with van der Waals surface area (Å²) in [7, 11) is 3.04. The number of likely N-dealkylation sites (N-methyl/N-ethyl adjacent to an activating group) is 1. The zero-order chi connectivity index (χ0) is 37.9. The normalized spacial score (nSPS) is 17.7. The third kappa shape index (κ3) is 10.1. The average Bonchev–Trinajstić information content (AvgIpc) is 3.61. The van der Waals surface area contributed by atoms with Crippen LogP contribution in [0.15, 0.2) is 85.1 Å². The number of methoxy groups -OCH3 is 1. The number of likely N-dealkylation sites (tertiary alicyclic amines) is 2. The number of carbonyl (C=O) groups is 4. The largest absolute Gasteiger partial charge is 0.493 e. The van der Waals surface area contributed by atoms with Gasteiger partial charge < -0.3 is 29.9 Å². The van der Waals surface area contributed by atoms with E-state index < -0.39 is 5.92 Å². The first-order valence-electron chi connectivity index (χ1n) is 18.4. The van der Waals surface area contributed by atoms with Gasteiger partial charge in [0.1, 0.15) is 0 Å². The second kappa shape index (κ2) is 18.3. The lowest BCUT2D eigenvalue weighted by Gasteiger charge is -2.39. The molecule has 2 aliphatic rings. The van der Waals surface area contributed by atoms with Gasteiger partial charge in [0.2, 0.25) is 17.7 Å². The fourth-order valence-corrected chi connectivity index (χ4v) is 7.10. The number of piperidine rings is 1. The van der Waals surface area contributed by atoms with Crippen LogP contribution in [0.3, 0.4) is 0 Å². The first-order chi connectivity index (χ1) is 25.6. The fraction of sp³-hybridized carbons (Fsp3) is 0.405. The van der Waals surface area contributed by atoms with E-state index in [2.05, 4.69) is 52.9 Å². The van der Waals surface area contributed by atoms with Crippen LogP contribution in [0.1, 0.15) is 48.7 Å². The summed E-state index contributed by atoms with van der Waals surface area (Å²) in [6.45, 7) is 7.30. The number of benzene rings is 3. The molecule has 3 heterocycles. The van der Waals surface area contributed by atoms with Crippen LogP contribution in [0.25, 0.3) is 10.9 Å². The molecule has 2 aliphatic heterocycles. The number of hydrogen-bond donors (Lipinski definition) is 2. The molecule has 3 aromatic carbocycles. The highest BCUT2D eigenvalue weighted by Gasteiger charge is 2.47. The van der Waals surface area contributed by atoms with Crippen molar-refractivity contribution < 1.29 is 28.7 Å². The molecule has 4 aromatic rings. The van der Waals surface area contributed by atoms with E-state index in [1.54, 1.807) is 34.2 Å². The van der Waals surface area contributed by atoms with Gasteiger partial charge in [-0.3, -0.25) is 24.2 Å². The molecule has 11 heteroatoms. The van der Waals surface area contributed by atoms with Crippen molar-refractivity contribution in [3.63, 3.8) is 0 Å². The summed E-state index contributed by atoms with van der Waals surface area (Å²) in [5, 5.41) is 6.19. The zero-order valence-corrected chi connectivity index (χ0v) is 31.3. The topological polar surface area (TPSA) is 130 Å². The Hall–Kier alpha value is -5.45. The fourth-order valence-electron chi connectivity index (χ4n) is 7.10. The molecule has 0 spiro atoms. The Labute approximate surface area is 312 Å². The van der Waals surface area contributed by atoms with E-state index in [1.807, 2.05) is 44.2 Å². The van der Waals surface area contributed by atoms with E-state index in [-0.39, 0.29) is 61.1 Å².